The molecule has 1 aromatic heterocycles. The quantitative estimate of drug-likeness (QED) is 0.846. The maximum Gasteiger partial charge on any atom is 0.259 e. The number of fused-ring (bicyclic) bond motifs is 2. The normalized spacial score (nSPS) is 40.6. The Labute approximate surface area is 124 Å². The van der Waals surface area contributed by atoms with Crippen molar-refractivity contribution in [1.82, 2.24) is 20.4 Å². The molecule has 0 saturated carbocycles. The molecule has 3 unspecified atom stereocenters. The van der Waals surface area contributed by atoms with Crippen LogP contribution in [0.4, 0.5) is 0 Å². The van der Waals surface area contributed by atoms with Crippen molar-refractivity contribution in [3.8, 4) is 0 Å². The number of hydrogen-bond donors (Lipinski definition) is 2. The van der Waals surface area contributed by atoms with Gasteiger partial charge >= 0.3 is 0 Å². The molecule has 3 aliphatic rings. The molecule has 4 rings (SSSR count). The third-order valence-electron chi connectivity index (χ3n) is 5.66. The minimum absolute atomic E-state index is 0.386. The lowest BCUT2D eigenvalue weighted by Gasteiger charge is -2.35. The fourth-order valence-electron chi connectivity index (χ4n) is 4.28. The molecule has 6 heteroatoms. The molecular formula is C15H24N4O2. The first-order valence-corrected chi connectivity index (χ1v) is 8.15. The Morgan fingerprint density at radius 3 is 2.76 bits per heavy atom. The van der Waals surface area contributed by atoms with Gasteiger partial charge in [0.05, 0.1) is 0 Å². The van der Waals surface area contributed by atoms with Gasteiger partial charge < -0.3 is 19.8 Å². The highest BCUT2D eigenvalue weighted by atomic mass is 16.5. The van der Waals surface area contributed by atoms with Gasteiger partial charge in [-0.05, 0) is 52.1 Å². The summed E-state index contributed by atoms with van der Waals surface area (Å²) in [5.74, 6) is 1.58. The van der Waals surface area contributed by atoms with Gasteiger partial charge in [-0.25, -0.2) is 0 Å². The molecule has 3 fully saturated rings. The highest BCUT2D eigenvalue weighted by molar-refractivity contribution is 5.08. The van der Waals surface area contributed by atoms with Gasteiger partial charge in [0.25, 0.3) is 5.89 Å². The van der Waals surface area contributed by atoms with Crippen LogP contribution in [0.15, 0.2) is 4.52 Å². The zero-order chi connectivity index (χ0) is 14.4. The minimum atomic E-state index is -0.978. The molecule has 116 valence electrons. The summed E-state index contributed by atoms with van der Waals surface area (Å²) in [5, 5.41) is 18.0. The zero-order valence-corrected chi connectivity index (χ0v) is 12.6. The molecule has 0 spiro atoms. The van der Waals surface area contributed by atoms with Crippen LogP contribution in [-0.2, 0) is 5.60 Å². The lowest BCUT2D eigenvalue weighted by Crippen LogP contribution is -2.43. The lowest BCUT2D eigenvalue weighted by molar-refractivity contribution is -0.0167. The van der Waals surface area contributed by atoms with Crippen LogP contribution in [-0.4, -0.2) is 52.4 Å². The van der Waals surface area contributed by atoms with Crippen LogP contribution in [0, 0.1) is 0 Å². The summed E-state index contributed by atoms with van der Waals surface area (Å²) in [5.41, 5.74) is -0.978. The molecule has 0 amide bonds. The Morgan fingerprint density at radius 2 is 2.10 bits per heavy atom. The average Bonchev–Trinajstić information content (AvgIpc) is 3.03. The number of hydrogen-bond acceptors (Lipinski definition) is 6. The first-order valence-electron chi connectivity index (χ1n) is 8.15. The van der Waals surface area contributed by atoms with Crippen LogP contribution >= 0.6 is 0 Å². The van der Waals surface area contributed by atoms with Crippen LogP contribution in [0.3, 0.4) is 0 Å². The van der Waals surface area contributed by atoms with Gasteiger partial charge in [-0.2, -0.15) is 4.98 Å². The molecule has 3 aliphatic heterocycles. The molecule has 3 atom stereocenters. The molecule has 2 N–H and O–H groups in total. The summed E-state index contributed by atoms with van der Waals surface area (Å²) in [4.78, 5) is 7.07. The van der Waals surface area contributed by atoms with Gasteiger partial charge in [0.1, 0.15) is 0 Å². The summed E-state index contributed by atoms with van der Waals surface area (Å²) in [6.45, 7) is 1.45. The SMILES string of the molecule is CN1C2CCC1CC(c1noc(C3(O)CCCNC3)n1)C2. The Balaban J connectivity index is 1.52. The van der Waals surface area contributed by atoms with Crippen LogP contribution < -0.4 is 5.32 Å². The van der Waals surface area contributed by atoms with E-state index in [1.54, 1.807) is 0 Å². The molecule has 6 nitrogen and oxygen atoms in total. The van der Waals surface area contributed by atoms with E-state index in [2.05, 4.69) is 27.4 Å². The fraction of sp³-hybridized carbons (Fsp3) is 0.867. The van der Waals surface area contributed by atoms with Crippen LogP contribution in [0.5, 0.6) is 0 Å². The van der Waals surface area contributed by atoms with E-state index in [1.165, 1.54) is 12.8 Å². The maximum atomic E-state index is 10.6. The molecular weight excluding hydrogens is 268 g/mol. The van der Waals surface area contributed by atoms with Crippen molar-refractivity contribution in [3.05, 3.63) is 11.7 Å². The van der Waals surface area contributed by atoms with E-state index in [1.807, 2.05) is 0 Å². The van der Waals surface area contributed by atoms with E-state index in [0.717, 1.165) is 31.6 Å². The van der Waals surface area contributed by atoms with Gasteiger partial charge in [0.2, 0.25) is 0 Å². The predicted octanol–water partition coefficient (Wildman–Crippen LogP) is 0.981. The van der Waals surface area contributed by atoms with E-state index < -0.39 is 5.60 Å². The van der Waals surface area contributed by atoms with Gasteiger partial charge in [-0.15, -0.1) is 0 Å². The number of rotatable bonds is 2. The molecule has 0 aliphatic carbocycles. The van der Waals surface area contributed by atoms with Crippen molar-refractivity contribution in [2.24, 2.45) is 0 Å². The predicted molar refractivity (Wildman–Crippen MR) is 76.8 cm³/mol. The molecule has 2 bridgehead atoms. The van der Waals surface area contributed by atoms with Gasteiger partial charge in [0.15, 0.2) is 11.4 Å². The first-order chi connectivity index (χ1) is 10.2. The minimum Gasteiger partial charge on any atom is -0.379 e. The number of nitrogens with one attached hydrogen (secondary N) is 1. The van der Waals surface area contributed by atoms with Crippen LogP contribution in [0.25, 0.3) is 0 Å². The van der Waals surface area contributed by atoms with E-state index in [4.69, 9.17) is 4.52 Å². The van der Waals surface area contributed by atoms with Crippen molar-refractivity contribution in [1.29, 1.82) is 0 Å². The molecule has 3 saturated heterocycles. The van der Waals surface area contributed by atoms with E-state index in [-0.39, 0.29) is 0 Å². The average molecular weight is 292 g/mol. The zero-order valence-electron chi connectivity index (χ0n) is 12.6. The summed E-state index contributed by atoms with van der Waals surface area (Å²) < 4.78 is 5.41. The Kier molecular flexibility index (Phi) is 3.28. The van der Waals surface area contributed by atoms with Crippen LogP contribution in [0.2, 0.25) is 0 Å². The van der Waals surface area contributed by atoms with Crippen LogP contribution in [0.1, 0.15) is 56.2 Å². The third kappa shape index (κ3) is 2.29. The largest absolute Gasteiger partial charge is 0.379 e. The van der Waals surface area contributed by atoms with Crippen molar-refractivity contribution < 1.29 is 9.63 Å². The summed E-state index contributed by atoms with van der Waals surface area (Å²) in [6.07, 6.45) is 6.44. The Bertz CT molecular complexity index is 498. The summed E-state index contributed by atoms with van der Waals surface area (Å²) >= 11 is 0. The second-order valence-electron chi connectivity index (χ2n) is 6.99. The van der Waals surface area contributed by atoms with Gasteiger partial charge in [0, 0.05) is 24.5 Å². The monoisotopic (exact) mass is 292 g/mol. The first kappa shape index (κ1) is 13.7. The highest BCUT2D eigenvalue weighted by Crippen LogP contribution is 2.41. The second kappa shape index (κ2) is 5.04. The molecule has 0 radical (unpaired) electrons. The van der Waals surface area contributed by atoms with Gasteiger partial charge in [-0.3, -0.25) is 0 Å². The van der Waals surface area contributed by atoms with Gasteiger partial charge in [-0.1, -0.05) is 5.16 Å². The van der Waals surface area contributed by atoms with E-state index in [0.29, 0.717) is 36.9 Å². The molecule has 21 heavy (non-hydrogen) atoms. The molecule has 1 aromatic rings. The number of β-amino-alcohol motifs (C(OH)–C–C–N with tert-alkyl or cyclic N) is 1. The highest BCUT2D eigenvalue weighted by Gasteiger charge is 2.42. The maximum absolute atomic E-state index is 10.6. The Hall–Kier alpha value is -0.980. The van der Waals surface area contributed by atoms with Crippen molar-refractivity contribution in [2.75, 3.05) is 20.1 Å². The second-order valence-corrected chi connectivity index (χ2v) is 6.99. The number of nitrogens with zero attached hydrogens (tertiary/aromatic N) is 3. The molecule has 0 aromatic carbocycles. The number of aromatic nitrogens is 2. The summed E-state index contributed by atoms with van der Waals surface area (Å²) in [7, 11) is 2.23. The smallest absolute Gasteiger partial charge is 0.259 e. The summed E-state index contributed by atoms with van der Waals surface area (Å²) in [6, 6.07) is 1.32. The van der Waals surface area contributed by atoms with Crippen molar-refractivity contribution in [2.45, 2.75) is 62.1 Å². The van der Waals surface area contributed by atoms with Crippen molar-refractivity contribution in [3.63, 3.8) is 0 Å². The number of aliphatic hydroxyl groups is 1. The topological polar surface area (TPSA) is 74.4 Å². The third-order valence-corrected chi connectivity index (χ3v) is 5.66. The Morgan fingerprint density at radius 1 is 1.33 bits per heavy atom. The van der Waals surface area contributed by atoms with E-state index in [9.17, 15) is 5.11 Å². The lowest BCUT2D eigenvalue weighted by atomic mass is 9.90. The van der Waals surface area contributed by atoms with E-state index >= 15 is 0 Å². The number of piperidine rings is 2. The fourth-order valence-corrected chi connectivity index (χ4v) is 4.28. The van der Waals surface area contributed by atoms with Crippen molar-refractivity contribution >= 4 is 0 Å². The molecule has 4 heterocycles. The standard InChI is InChI=1S/C15H24N4O2/c1-19-11-3-4-12(19)8-10(7-11)13-17-14(21-18-13)15(20)5-2-6-16-9-15/h10-12,16,20H,2-9H2,1H3.